The topological polar surface area (TPSA) is 73.8 Å². The lowest BCUT2D eigenvalue weighted by Crippen LogP contribution is -2.05. The highest BCUT2D eigenvalue weighted by Crippen LogP contribution is 2.32. The fraction of sp³-hybridized carbons (Fsp3) is 0.0435. The Kier molecular flexibility index (Phi) is 5.02. The third kappa shape index (κ3) is 3.60. The highest BCUT2D eigenvalue weighted by Gasteiger charge is 2.26. The van der Waals surface area contributed by atoms with Crippen LogP contribution in [0.5, 0.6) is 0 Å². The molecule has 0 aliphatic rings. The minimum Gasteiger partial charge on any atom is -0.333 e. The van der Waals surface area contributed by atoms with E-state index in [2.05, 4.69) is 15.1 Å². The van der Waals surface area contributed by atoms with Crippen LogP contribution in [0.15, 0.2) is 77.6 Å². The van der Waals surface area contributed by atoms with Crippen LogP contribution in [-0.2, 0) is 6.54 Å². The van der Waals surface area contributed by atoms with E-state index in [-0.39, 0.29) is 11.7 Å². The lowest BCUT2D eigenvalue weighted by atomic mass is 10.1. The molecule has 3 aromatic heterocycles. The van der Waals surface area contributed by atoms with Crippen LogP contribution in [-0.4, -0.2) is 25.5 Å². The Bertz CT molecular complexity index is 1390. The van der Waals surface area contributed by atoms with Gasteiger partial charge in [-0.2, -0.15) is 4.98 Å². The number of benzene rings is 2. The van der Waals surface area contributed by atoms with Crippen LogP contribution >= 0.6 is 23.2 Å². The summed E-state index contributed by atoms with van der Waals surface area (Å²) in [6.07, 6.45) is 3.23. The first-order valence-corrected chi connectivity index (χ1v) is 10.2. The molecule has 0 saturated heterocycles. The third-order valence-electron chi connectivity index (χ3n) is 4.93. The number of nitrogens with zero attached hydrogens (tertiary/aromatic N) is 4. The summed E-state index contributed by atoms with van der Waals surface area (Å²) in [5, 5.41) is 5.57. The van der Waals surface area contributed by atoms with Gasteiger partial charge in [-0.15, -0.1) is 0 Å². The van der Waals surface area contributed by atoms with E-state index in [9.17, 15) is 4.79 Å². The van der Waals surface area contributed by atoms with Gasteiger partial charge in [-0.05, 0) is 35.9 Å². The largest absolute Gasteiger partial charge is 0.333 e. The first-order valence-electron chi connectivity index (χ1n) is 9.42. The second kappa shape index (κ2) is 7.98. The molecule has 2 aromatic carbocycles. The molecule has 0 aliphatic carbocycles. The molecule has 0 amide bonds. The Hall–Kier alpha value is -3.48. The van der Waals surface area contributed by atoms with Gasteiger partial charge in [0.1, 0.15) is 5.15 Å². The highest BCUT2D eigenvalue weighted by molar-refractivity contribution is 6.36. The quantitative estimate of drug-likeness (QED) is 0.323. The molecule has 3 heterocycles. The molecule has 0 N–H and O–H groups in total. The van der Waals surface area contributed by atoms with Crippen molar-refractivity contribution in [2.75, 3.05) is 0 Å². The molecule has 6 nitrogen and oxygen atoms in total. The molecular formula is C23H14Cl2N4O2. The van der Waals surface area contributed by atoms with Gasteiger partial charge in [0.2, 0.25) is 11.6 Å². The van der Waals surface area contributed by atoms with Gasteiger partial charge in [0, 0.05) is 29.3 Å². The first kappa shape index (κ1) is 19.5. The smallest absolute Gasteiger partial charge is 0.259 e. The van der Waals surface area contributed by atoms with Gasteiger partial charge in [0.25, 0.3) is 5.89 Å². The number of ketones is 1. The molecule has 0 unspecified atom stereocenters. The maximum atomic E-state index is 13.3. The summed E-state index contributed by atoms with van der Waals surface area (Å²) in [5.41, 5.74) is 2.81. The Morgan fingerprint density at radius 1 is 1.00 bits per heavy atom. The average Bonchev–Trinajstić information content (AvgIpc) is 3.40. The molecule has 0 spiro atoms. The van der Waals surface area contributed by atoms with Crippen molar-refractivity contribution in [2.24, 2.45) is 0 Å². The van der Waals surface area contributed by atoms with Gasteiger partial charge < -0.3 is 9.09 Å². The van der Waals surface area contributed by atoms with Gasteiger partial charge in [-0.3, -0.25) is 9.78 Å². The number of para-hydroxylation sites is 1. The van der Waals surface area contributed by atoms with Gasteiger partial charge in [0.05, 0.1) is 16.6 Å². The molecule has 0 fully saturated rings. The molecule has 5 rings (SSSR count). The number of carbonyl (C=O) groups excluding carboxylic acids is 1. The zero-order chi connectivity index (χ0) is 21.4. The lowest BCUT2D eigenvalue weighted by molar-refractivity contribution is 0.102. The summed E-state index contributed by atoms with van der Waals surface area (Å²) in [6.45, 7) is 0.483. The van der Waals surface area contributed by atoms with Gasteiger partial charge >= 0.3 is 0 Å². The SMILES string of the molecule is O=C(c1noc(-c2cccnc2)n1)c1c(Cl)n(Cc2ccc(Cl)cc2)c2ccccc12. The van der Waals surface area contributed by atoms with Crippen LogP contribution in [0.1, 0.15) is 21.7 Å². The van der Waals surface area contributed by atoms with Crippen LogP contribution < -0.4 is 0 Å². The molecule has 5 aromatic rings. The highest BCUT2D eigenvalue weighted by atomic mass is 35.5. The Balaban J connectivity index is 1.57. The van der Waals surface area contributed by atoms with Crippen molar-refractivity contribution in [3.05, 3.63) is 100 Å². The first-order chi connectivity index (χ1) is 15.1. The second-order valence-corrected chi connectivity index (χ2v) is 7.68. The Morgan fingerprint density at radius 3 is 2.58 bits per heavy atom. The molecule has 8 heteroatoms. The zero-order valence-corrected chi connectivity index (χ0v) is 17.5. The number of carbonyl (C=O) groups is 1. The summed E-state index contributed by atoms with van der Waals surface area (Å²) in [7, 11) is 0. The number of hydrogen-bond acceptors (Lipinski definition) is 5. The predicted octanol–water partition coefficient (Wildman–Crippen LogP) is 5.67. The predicted molar refractivity (Wildman–Crippen MR) is 118 cm³/mol. The van der Waals surface area contributed by atoms with Crippen LogP contribution in [0.4, 0.5) is 0 Å². The molecule has 152 valence electrons. The number of fused-ring (bicyclic) bond motifs is 1. The Labute approximate surface area is 187 Å². The van der Waals surface area contributed by atoms with Crippen LogP contribution in [0.25, 0.3) is 22.4 Å². The number of aromatic nitrogens is 4. The van der Waals surface area contributed by atoms with Crippen molar-refractivity contribution >= 4 is 39.9 Å². The minimum atomic E-state index is -0.407. The van der Waals surface area contributed by atoms with Crippen molar-refractivity contribution in [3.8, 4) is 11.5 Å². The third-order valence-corrected chi connectivity index (χ3v) is 5.57. The fourth-order valence-corrected chi connectivity index (χ4v) is 3.91. The summed E-state index contributed by atoms with van der Waals surface area (Å²) < 4.78 is 7.16. The molecule has 0 aliphatic heterocycles. The van der Waals surface area contributed by atoms with Crippen molar-refractivity contribution in [2.45, 2.75) is 6.54 Å². The van der Waals surface area contributed by atoms with Crippen LogP contribution in [0, 0.1) is 0 Å². The standard InChI is InChI=1S/C23H14Cl2N4O2/c24-16-9-7-14(8-10-16)13-29-18-6-2-1-5-17(18)19(21(29)25)20(30)22-27-23(31-28-22)15-4-3-11-26-12-15/h1-12H,13H2. The molecule has 0 bridgehead atoms. The van der Waals surface area contributed by atoms with E-state index in [1.54, 1.807) is 24.5 Å². The van der Waals surface area contributed by atoms with Gasteiger partial charge in [-0.1, -0.05) is 58.7 Å². The van der Waals surface area contributed by atoms with Gasteiger partial charge in [0.15, 0.2) is 0 Å². The average molecular weight is 449 g/mol. The van der Waals surface area contributed by atoms with E-state index in [0.29, 0.717) is 27.8 Å². The van der Waals surface area contributed by atoms with Crippen molar-refractivity contribution in [3.63, 3.8) is 0 Å². The van der Waals surface area contributed by atoms with E-state index in [1.807, 2.05) is 53.1 Å². The van der Waals surface area contributed by atoms with E-state index >= 15 is 0 Å². The number of hydrogen-bond donors (Lipinski definition) is 0. The summed E-state index contributed by atoms with van der Waals surface area (Å²) in [5.74, 6) is -0.248. The van der Waals surface area contributed by atoms with E-state index in [1.165, 1.54) is 0 Å². The normalized spacial score (nSPS) is 11.2. The van der Waals surface area contributed by atoms with E-state index in [4.69, 9.17) is 27.7 Å². The molecule has 31 heavy (non-hydrogen) atoms. The fourth-order valence-electron chi connectivity index (χ4n) is 3.45. The maximum absolute atomic E-state index is 13.3. The number of halogens is 2. The van der Waals surface area contributed by atoms with Crippen molar-refractivity contribution in [1.82, 2.24) is 19.7 Å². The number of rotatable bonds is 5. The minimum absolute atomic E-state index is 0.0600. The summed E-state index contributed by atoms with van der Waals surface area (Å²) in [6, 6.07) is 18.6. The maximum Gasteiger partial charge on any atom is 0.259 e. The lowest BCUT2D eigenvalue weighted by Gasteiger charge is -2.07. The zero-order valence-electron chi connectivity index (χ0n) is 16.0. The summed E-state index contributed by atoms with van der Waals surface area (Å²) >= 11 is 12.7. The van der Waals surface area contributed by atoms with Crippen LogP contribution in [0.2, 0.25) is 10.2 Å². The van der Waals surface area contributed by atoms with Crippen molar-refractivity contribution in [1.29, 1.82) is 0 Å². The monoisotopic (exact) mass is 448 g/mol. The van der Waals surface area contributed by atoms with Crippen LogP contribution in [0.3, 0.4) is 0 Å². The van der Waals surface area contributed by atoms with E-state index in [0.717, 1.165) is 16.5 Å². The Morgan fingerprint density at radius 2 is 1.81 bits per heavy atom. The van der Waals surface area contributed by atoms with Gasteiger partial charge in [-0.25, -0.2) is 0 Å². The number of pyridine rings is 1. The molecule has 0 saturated carbocycles. The second-order valence-electron chi connectivity index (χ2n) is 6.89. The summed E-state index contributed by atoms with van der Waals surface area (Å²) in [4.78, 5) is 21.6. The molecule has 0 radical (unpaired) electrons. The van der Waals surface area contributed by atoms with Crippen molar-refractivity contribution < 1.29 is 9.32 Å². The molecule has 0 atom stereocenters. The van der Waals surface area contributed by atoms with E-state index < -0.39 is 5.78 Å². The molecular weight excluding hydrogens is 435 g/mol.